The van der Waals surface area contributed by atoms with Crippen molar-refractivity contribution in [2.75, 3.05) is 13.2 Å². The first-order valence-corrected chi connectivity index (χ1v) is 10.0. The van der Waals surface area contributed by atoms with Crippen molar-refractivity contribution in [3.63, 3.8) is 0 Å². The third-order valence-corrected chi connectivity index (χ3v) is 4.92. The molecule has 1 aromatic heterocycles. The van der Waals surface area contributed by atoms with Crippen molar-refractivity contribution in [3.8, 4) is 17.2 Å². The third kappa shape index (κ3) is 5.27. The van der Waals surface area contributed by atoms with Gasteiger partial charge in [0.15, 0.2) is 11.5 Å². The second-order valence-electron chi connectivity index (χ2n) is 7.11. The quantitative estimate of drug-likeness (QED) is 0.635. The maximum Gasteiger partial charge on any atom is 0.161 e. The predicted molar refractivity (Wildman–Crippen MR) is 112 cm³/mol. The van der Waals surface area contributed by atoms with Crippen LogP contribution in [0, 0.1) is 0 Å². The number of nitrogens with one attached hydrogen (secondary N) is 1. The van der Waals surface area contributed by atoms with Crippen molar-refractivity contribution >= 4 is 0 Å². The van der Waals surface area contributed by atoms with E-state index >= 15 is 0 Å². The van der Waals surface area contributed by atoms with E-state index in [-0.39, 0.29) is 6.04 Å². The van der Waals surface area contributed by atoms with Crippen LogP contribution in [-0.4, -0.2) is 18.2 Å². The van der Waals surface area contributed by atoms with E-state index in [0.717, 1.165) is 35.9 Å². The molecule has 0 amide bonds. The van der Waals surface area contributed by atoms with Crippen molar-refractivity contribution in [2.45, 2.75) is 32.5 Å². The molecule has 5 nitrogen and oxygen atoms in total. The molecule has 1 N–H and O–H groups in total. The van der Waals surface area contributed by atoms with Crippen LogP contribution < -0.4 is 19.5 Å². The third-order valence-electron chi connectivity index (χ3n) is 4.92. The van der Waals surface area contributed by atoms with E-state index in [0.29, 0.717) is 19.8 Å². The molecule has 1 aliphatic rings. The van der Waals surface area contributed by atoms with Gasteiger partial charge in [-0.25, -0.2) is 0 Å². The summed E-state index contributed by atoms with van der Waals surface area (Å²) in [5, 5.41) is 3.57. The van der Waals surface area contributed by atoms with E-state index in [9.17, 15) is 0 Å². The van der Waals surface area contributed by atoms with E-state index in [1.165, 1.54) is 11.1 Å². The number of aromatic nitrogens is 1. The molecule has 5 heteroatoms. The van der Waals surface area contributed by atoms with E-state index in [4.69, 9.17) is 14.2 Å². The van der Waals surface area contributed by atoms with E-state index in [1.807, 2.05) is 36.4 Å². The highest BCUT2D eigenvalue weighted by Gasteiger charge is 2.13. The highest BCUT2D eigenvalue weighted by molar-refractivity contribution is 5.44. The summed E-state index contributed by atoms with van der Waals surface area (Å²) in [6.07, 6.45) is 2.69. The zero-order valence-corrected chi connectivity index (χ0v) is 16.6. The standard InChI is InChI=1S/C24H26N2O3/c1-18(20-8-11-23-24(15-20)28-14-4-13-27-23)26-16-19-6-9-22(10-7-19)29-17-21-5-2-3-12-25-21/h2-3,5-12,15,18,26H,4,13-14,16-17H2,1H3. The average molecular weight is 390 g/mol. The van der Waals surface area contributed by atoms with Crippen LogP contribution in [-0.2, 0) is 13.2 Å². The second-order valence-corrected chi connectivity index (χ2v) is 7.11. The summed E-state index contributed by atoms with van der Waals surface area (Å²) in [4.78, 5) is 4.27. The van der Waals surface area contributed by atoms with E-state index in [1.54, 1.807) is 6.20 Å². The minimum atomic E-state index is 0.201. The lowest BCUT2D eigenvalue weighted by Gasteiger charge is -2.17. The molecule has 4 rings (SSSR count). The number of rotatable bonds is 7. The van der Waals surface area contributed by atoms with Gasteiger partial charge in [-0.05, 0) is 54.4 Å². The van der Waals surface area contributed by atoms with Gasteiger partial charge in [-0.2, -0.15) is 0 Å². The molecule has 1 aliphatic heterocycles. The summed E-state index contributed by atoms with van der Waals surface area (Å²) in [6, 6.07) is 20.4. The van der Waals surface area contributed by atoms with Gasteiger partial charge in [-0.3, -0.25) is 4.98 Å². The van der Waals surface area contributed by atoms with Gasteiger partial charge in [0.1, 0.15) is 12.4 Å². The lowest BCUT2D eigenvalue weighted by atomic mass is 10.1. The van der Waals surface area contributed by atoms with Gasteiger partial charge in [0.05, 0.1) is 18.9 Å². The Balaban J connectivity index is 1.30. The van der Waals surface area contributed by atoms with Crippen LogP contribution in [0.2, 0.25) is 0 Å². The Morgan fingerprint density at radius 1 is 1.00 bits per heavy atom. The first-order valence-electron chi connectivity index (χ1n) is 10.0. The molecule has 2 heterocycles. The number of ether oxygens (including phenoxy) is 3. The molecule has 0 aliphatic carbocycles. The number of hydrogen-bond donors (Lipinski definition) is 1. The maximum atomic E-state index is 5.80. The smallest absolute Gasteiger partial charge is 0.161 e. The van der Waals surface area contributed by atoms with Crippen LogP contribution in [0.25, 0.3) is 0 Å². The Kier molecular flexibility index (Phi) is 6.27. The van der Waals surface area contributed by atoms with Gasteiger partial charge in [0, 0.05) is 25.2 Å². The van der Waals surface area contributed by atoms with Crippen molar-refractivity contribution in [2.24, 2.45) is 0 Å². The minimum Gasteiger partial charge on any atom is -0.490 e. The molecular formula is C24H26N2O3. The molecule has 0 saturated carbocycles. The van der Waals surface area contributed by atoms with Gasteiger partial charge in [0.25, 0.3) is 0 Å². The zero-order chi connectivity index (χ0) is 19.9. The summed E-state index contributed by atoms with van der Waals surface area (Å²) in [5.41, 5.74) is 3.31. The normalized spacial score (nSPS) is 14.1. The molecule has 150 valence electrons. The van der Waals surface area contributed by atoms with Crippen LogP contribution in [0.15, 0.2) is 66.9 Å². The van der Waals surface area contributed by atoms with Crippen LogP contribution in [0.3, 0.4) is 0 Å². The number of benzene rings is 2. The van der Waals surface area contributed by atoms with Crippen molar-refractivity contribution in [1.82, 2.24) is 10.3 Å². The molecule has 29 heavy (non-hydrogen) atoms. The fraction of sp³-hybridized carbons (Fsp3) is 0.292. The molecule has 2 aromatic carbocycles. The maximum absolute atomic E-state index is 5.80. The molecule has 1 unspecified atom stereocenters. The van der Waals surface area contributed by atoms with Crippen LogP contribution >= 0.6 is 0 Å². The average Bonchev–Trinajstić information content (AvgIpc) is 3.02. The van der Waals surface area contributed by atoms with Crippen LogP contribution in [0.5, 0.6) is 17.2 Å². The molecule has 0 bridgehead atoms. The largest absolute Gasteiger partial charge is 0.490 e. The summed E-state index contributed by atoms with van der Waals surface area (Å²) in [5.74, 6) is 2.51. The van der Waals surface area contributed by atoms with Crippen molar-refractivity contribution in [3.05, 3.63) is 83.7 Å². The Morgan fingerprint density at radius 2 is 1.83 bits per heavy atom. The molecule has 0 saturated heterocycles. The number of fused-ring (bicyclic) bond motifs is 1. The first-order chi connectivity index (χ1) is 14.3. The SMILES string of the molecule is CC(NCc1ccc(OCc2ccccn2)cc1)c1ccc2c(c1)OCCCO2. The molecular weight excluding hydrogens is 364 g/mol. The molecule has 0 spiro atoms. The first kappa shape index (κ1) is 19.3. The Labute approximate surface area is 171 Å². The summed E-state index contributed by atoms with van der Waals surface area (Å²) >= 11 is 0. The molecule has 0 radical (unpaired) electrons. The van der Waals surface area contributed by atoms with E-state index in [2.05, 4.69) is 41.5 Å². The topological polar surface area (TPSA) is 52.6 Å². The highest BCUT2D eigenvalue weighted by atomic mass is 16.5. The number of hydrogen-bond acceptors (Lipinski definition) is 5. The van der Waals surface area contributed by atoms with Crippen LogP contribution in [0.1, 0.15) is 36.2 Å². The van der Waals surface area contributed by atoms with Gasteiger partial charge in [-0.1, -0.05) is 24.3 Å². The molecule has 0 fully saturated rings. The second kappa shape index (κ2) is 9.43. The minimum absolute atomic E-state index is 0.201. The summed E-state index contributed by atoms with van der Waals surface area (Å²) in [6.45, 7) is 4.81. The number of pyridine rings is 1. The Bertz CT molecular complexity index is 913. The van der Waals surface area contributed by atoms with E-state index < -0.39 is 0 Å². The monoisotopic (exact) mass is 390 g/mol. The highest BCUT2D eigenvalue weighted by Crippen LogP contribution is 2.32. The van der Waals surface area contributed by atoms with Crippen LogP contribution in [0.4, 0.5) is 0 Å². The lowest BCUT2D eigenvalue weighted by Crippen LogP contribution is -2.18. The lowest BCUT2D eigenvalue weighted by molar-refractivity contribution is 0.297. The van der Waals surface area contributed by atoms with Gasteiger partial charge >= 0.3 is 0 Å². The zero-order valence-electron chi connectivity index (χ0n) is 16.6. The van der Waals surface area contributed by atoms with Gasteiger partial charge < -0.3 is 19.5 Å². The molecule has 1 atom stereocenters. The predicted octanol–water partition coefficient (Wildman–Crippen LogP) is 4.67. The Hall–Kier alpha value is -3.05. The molecule has 3 aromatic rings. The summed E-state index contributed by atoms with van der Waals surface area (Å²) < 4.78 is 17.3. The number of nitrogens with zero attached hydrogens (tertiary/aromatic N) is 1. The van der Waals surface area contributed by atoms with Gasteiger partial charge in [0.2, 0.25) is 0 Å². The fourth-order valence-corrected chi connectivity index (χ4v) is 3.18. The fourth-order valence-electron chi connectivity index (χ4n) is 3.18. The van der Waals surface area contributed by atoms with Crippen molar-refractivity contribution in [1.29, 1.82) is 0 Å². The Morgan fingerprint density at radius 3 is 2.62 bits per heavy atom. The van der Waals surface area contributed by atoms with Crippen molar-refractivity contribution < 1.29 is 14.2 Å². The van der Waals surface area contributed by atoms with Gasteiger partial charge in [-0.15, -0.1) is 0 Å². The summed E-state index contributed by atoms with van der Waals surface area (Å²) in [7, 11) is 0.